The van der Waals surface area contributed by atoms with E-state index >= 15 is 0 Å². The van der Waals surface area contributed by atoms with Crippen LogP contribution in [0.2, 0.25) is 4.34 Å². The second kappa shape index (κ2) is 6.86. The SMILES string of the molecule is CCC(CC)[C@H](CO)NS(=O)(=O)c1ccc(Cl)s1. The zero-order valence-corrected chi connectivity index (χ0v) is 12.8. The molecule has 1 rings (SSSR count). The minimum atomic E-state index is -3.59. The average Bonchev–Trinajstić information content (AvgIpc) is 2.76. The number of hydrogen-bond donors (Lipinski definition) is 2. The summed E-state index contributed by atoms with van der Waals surface area (Å²) in [5.74, 6) is 0.125. The summed E-state index contributed by atoms with van der Waals surface area (Å²) < 4.78 is 27.3. The van der Waals surface area contributed by atoms with Gasteiger partial charge in [0.25, 0.3) is 0 Å². The Morgan fingerprint density at radius 2 is 2.00 bits per heavy atom. The Labute approximate surface area is 117 Å². The number of hydrogen-bond acceptors (Lipinski definition) is 4. The van der Waals surface area contributed by atoms with Crippen molar-refractivity contribution in [1.29, 1.82) is 0 Å². The van der Waals surface area contributed by atoms with E-state index in [0.29, 0.717) is 4.34 Å². The molecule has 0 fully saturated rings. The second-order valence-corrected chi connectivity index (χ2v) is 7.70. The summed E-state index contributed by atoms with van der Waals surface area (Å²) in [6.07, 6.45) is 1.63. The summed E-state index contributed by atoms with van der Waals surface area (Å²) >= 11 is 6.74. The van der Waals surface area contributed by atoms with Crippen LogP contribution < -0.4 is 4.72 Å². The predicted octanol–water partition coefficient (Wildman–Crippen LogP) is 2.48. The fourth-order valence-corrected chi connectivity index (χ4v) is 4.64. The molecular formula is C11H18ClNO3S2. The molecule has 0 aromatic carbocycles. The lowest BCUT2D eigenvalue weighted by Crippen LogP contribution is -2.42. The Kier molecular flexibility index (Phi) is 6.07. The highest BCUT2D eigenvalue weighted by Gasteiger charge is 2.25. The zero-order chi connectivity index (χ0) is 13.8. The molecule has 4 nitrogen and oxygen atoms in total. The van der Waals surface area contributed by atoms with Gasteiger partial charge in [0.1, 0.15) is 4.21 Å². The van der Waals surface area contributed by atoms with Gasteiger partial charge in [-0.25, -0.2) is 13.1 Å². The molecule has 1 atom stereocenters. The minimum absolute atomic E-state index is 0.125. The van der Waals surface area contributed by atoms with Gasteiger partial charge in [-0.1, -0.05) is 38.3 Å². The van der Waals surface area contributed by atoms with Crippen LogP contribution in [0, 0.1) is 5.92 Å². The van der Waals surface area contributed by atoms with Crippen molar-refractivity contribution in [3.63, 3.8) is 0 Å². The number of halogens is 1. The van der Waals surface area contributed by atoms with Crippen LogP contribution >= 0.6 is 22.9 Å². The van der Waals surface area contributed by atoms with Gasteiger partial charge in [0, 0.05) is 6.04 Å². The molecule has 1 heterocycles. The highest BCUT2D eigenvalue weighted by molar-refractivity contribution is 7.91. The maximum Gasteiger partial charge on any atom is 0.250 e. The molecule has 0 bridgehead atoms. The van der Waals surface area contributed by atoms with Gasteiger partial charge < -0.3 is 5.11 Å². The third kappa shape index (κ3) is 3.93. The van der Waals surface area contributed by atoms with Crippen LogP contribution in [-0.2, 0) is 10.0 Å². The molecule has 1 aromatic heterocycles. The van der Waals surface area contributed by atoms with Crippen molar-refractivity contribution in [3.8, 4) is 0 Å². The summed E-state index contributed by atoms with van der Waals surface area (Å²) in [5, 5.41) is 9.32. The second-order valence-electron chi connectivity index (χ2n) is 4.05. The third-order valence-electron chi connectivity index (χ3n) is 2.93. The highest BCUT2D eigenvalue weighted by Crippen LogP contribution is 2.26. The van der Waals surface area contributed by atoms with Crippen molar-refractivity contribution >= 4 is 33.0 Å². The largest absolute Gasteiger partial charge is 0.395 e. The zero-order valence-electron chi connectivity index (χ0n) is 10.4. The molecule has 0 saturated heterocycles. The van der Waals surface area contributed by atoms with E-state index in [4.69, 9.17) is 11.6 Å². The molecule has 18 heavy (non-hydrogen) atoms. The molecule has 0 unspecified atom stereocenters. The summed E-state index contributed by atoms with van der Waals surface area (Å²) in [6.45, 7) is 3.75. The molecule has 0 aliphatic heterocycles. The maximum absolute atomic E-state index is 12.1. The van der Waals surface area contributed by atoms with Gasteiger partial charge >= 0.3 is 0 Å². The van der Waals surface area contributed by atoms with Crippen molar-refractivity contribution in [1.82, 2.24) is 4.72 Å². The van der Waals surface area contributed by atoms with E-state index in [1.54, 1.807) is 6.07 Å². The van der Waals surface area contributed by atoms with Crippen molar-refractivity contribution in [2.24, 2.45) is 5.92 Å². The van der Waals surface area contributed by atoms with Gasteiger partial charge in [-0.3, -0.25) is 0 Å². The molecule has 0 aliphatic carbocycles. The first-order chi connectivity index (χ1) is 8.44. The van der Waals surface area contributed by atoms with Gasteiger partial charge in [-0.2, -0.15) is 0 Å². The fraction of sp³-hybridized carbons (Fsp3) is 0.636. The van der Waals surface area contributed by atoms with E-state index in [2.05, 4.69) is 4.72 Å². The lowest BCUT2D eigenvalue weighted by molar-refractivity contribution is 0.209. The van der Waals surface area contributed by atoms with E-state index in [1.807, 2.05) is 13.8 Å². The molecule has 0 radical (unpaired) electrons. The fourth-order valence-electron chi connectivity index (χ4n) is 1.84. The van der Waals surface area contributed by atoms with E-state index < -0.39 is 16.1 Å². The van der Waals surface area contributed by atoms with Gasteiger partial charge in [-0.15, -0.1) is 11.3 Å². The van der Waals surface area contributed by atoms with E-state index in [9.17, 15) is 13.5 Å². The van der Waals surface area contributed by atoms with Crippen molar-refractivity contribution < 1.29 is 13.5 Å². The van der Waals surface area contributed by atoms with Crippen molar-refractivity contribution in [3.05, 3.63) is 16.5 Å². The first-order valence-corrected chi connectivity index (χ1v) is 8.50. The molecule has 0 aliphatic rings. The minimum Gasteiger partial charge on any atom is -0.395 e. The van der Waals surface area contributed by atoms with E-state index in [1.165, 1.54) is 6.07 Å². The number of aliphatic hydroxyl groups excluding tert-OH is 1. The normalized spacial score (nSPS) is 14.1. The molecule has 2 N–H and O–H groups in total. The van der Waals surface area contributed by atoms with Gasteiger partial charge in [-0.05, 0) is 18.1 Å². The standard InChI is InChI=1S/C11H18ClNO3S2/c1-3-8(4-2)9(7-14)13-18(15,16)11-6-5-10(12)17-11/h5-6,8-9,13-14H,3-4,7H2,1-2H3/t9-/m0/s1. The number of thiophene rings is 1. The van der Waals surface area contributed by atoms with Gasteiger partial charge in [0.05, 0.1) is 10.9 Å². The molecule has 1 aromatic rings. The molecular weight excluding hydrogens is 294 g/mol. The van der Waals surface area contributed by atoms with Crippen LogP contribution in [-0.4, -0.2) is 26.2 Å². The van der Waals surface area contributed by atoms with Gasteiger partial charge in [0.15, 0.2) is 0 Å². The maximum atomic E-state index is 12.1. The number of aliphatic hydroxyl groups is 1. The molecule has 0 spiro atoms. The lowest BCUT2D eigenvalue weighted by Gasteiger charge is -2.23. The molecule has 0 amide bonds. The Bertz CT molecular complexity index is 468. The Morgan fingerprint density at radius 3 is 2.39 bits per heavy atom. The number of rotatable bonds is 7. The van der Waals surface area contributed by atoms with Crippen molar-refractivity contribution in [2.45, 2.75) is 36.9 Å². The summed E-state index contributed by atoms with van der Waals surface area (Å²) in [5.41, 5.74) is 0. The molecule has 0 saturated carbocycles. The summed E-state index contributed by atoms with van der Waals surface area (Å²) in [4.78, 5) is 0. The van der Waals surface area contributed by atoms with E-state index in [-0.39, 0.29) is 16.7 Å². The van der Waals surface area contributed by atoms with Crippen molar-refractivity contribution in [2.75, 3.05) is 6.61 Å². The quantitative estimate of drug-likeness (QED) is 0.813. The topological polar surface area (TPSA) is 66.4 Å². The van der Waals surface area contributed by atoms with Crippen LogP contribution in [0.4, 0.5) is 0 Å². The lowest BCUT2D eigenvalue weighted by atomic mass is 9.96. The molecule has 104 valence electrons. The number of nitrogens with one attached hydrogen (secondary N) is 1. The predicted molar refractivity (Wildman–Crippen MR) is 74.6 cm³/mol. The smallest absolute Gasteiger partial charge is 0.250 e. The summed E-state index contributed by atoms with van der Waals surface area (Å²) in [7, 11) is -3.59. The van der Waals surface area contributed by atoms with Crippen LogP contribution in [0.5, 0.6) is 0 Å². The Balaban J connectivity index is 2.87. The van der Waals surface area contributed by atoms with Gasteiger partial charge in [0.2, 0.25) is 10.0 Å². The molecule has 7 heteroatoms. The average molecular weight is 312 g/mol. The van der Waals surface area contributed by atoms with Crippen LogP contribution in [0.3, 0.4) is 0 Å². The van der Waals surface area contributed by atoms with Crippen LogP contribution in [0.25, 0.3) is 0 Å². The third-order valence-corrected chi connectivity index (χ3v) is 6.15. The summed E-state index contributed by atoms with van der Waals surface area (Å²) in [6, 6.07) is 2.56. The first kappa shape index (κ1) is 15.9. The highest BCUT2D eigenvalue weighted by atomic mass is 35.5. The first-order valence-electron chi connectivity index (χ1n) is 5.83. The van der Waals surface area contributed by atoms with E-state index in [0.717, 1.165) is 24.2 Å². The van der Waals surface area contributed by atoms with Crippen LogP contribution in [0.1, 0.15) is 26.7 Å². The monoisotopic (exact) mass is 311 g/mol. The number of sulfonamides is 1. The van der Waals surface area contributed by atoms with Crippen LogP contribution in [0.15, 0.2) is 16.3 Å². The Morgan fingerprint density at radius 1 is 1.39 bits per heavy atom. The Hall–Kier alpha value is -0.140.